The summed E-state index contributed by atoms with van der Waals surface area (Å²) < 4.78 is 0. The molecule has 4 N–H and O–H groups in total. The zero-order valence-corrected chi connectivity index (χ0v) is 7.06. The van der Waals surface area contributed by atoms with Gasteiger partial charge in [0.1, 0.15) is 12.0 Å². The van der Waals surface area contributed by atoms with Crippen molar-refractivity contribution < 1.29 is 15.0 Å². The normalized spacial score (nSPS) is 12.5. The first-order chi connectivity index (χ1) is 6.07. The second kappa shape index (κ2) is 3.51. The van der Waals surface area contributed by atoms with Crippen molar-refractivity contribution >= 4 is 6.29 Å². The van der Waals surface area contributed by atoms with Gasteiger partial charge in [-0.25, -0.2) is 0 Å². The van der Waals surface area contributed by atoms with Crippen LogP contribution < -0.4 is 5.73 Å². The fourth-order valence-electron chi connectivity index (χ4n) is 0.988. The van der Waals surface area contributed by atoms with Crippen molar-refractivity contribution in [3.8, 4) is 5.75 Å². The number of aldehydes is 1. The van der Waals surface area contributed by atoms with E-state index < -0.39 is 6.23 Å². The van der Waals surface area contributed by atoms with Gasteiger partial charge in [-0.1, -0.05) is 0 Å². The molecule has 1 rings (SSSR count). The van der Waals surface area contributed by atoms with Gasteiger partial charge in [0.25, 0.3) is 0 Å². The van der Waals surface area contributed by atoms with E-state index in [0.717, 1.165) is 0 Å². The number of pyridine rings is 1. The molecule has 0 aliphatic carbocycles. The number of aromatic hydroxyl groups is 1. The highest BCUT2D eigenvalue weighted by molar-refractivity contribution is 5.81. The number of hydrogen-bond donors (Lipinski definition) is 3. The van der Waals surface area contributed by atoms with Crippen molar-refractivity contribution in [1.82, 2.24) is 4.98 Å². The maximum Gasteiger partial charge on any atom is 0.154 e. The summed E-state index contributed by atoms with van der Waals surface area (Å²) in [5.41, 5.74) is 5.59. The Morgan fingerprint density at radius 1 is 1.69 bits per heavy atom. The van der Waals surface area contributed by atoms with Crippen LogP contribution in [0, 0.1) is 6.92 Å². The maximum atomic E-state index is 10.6. The van der Waals surface area contributed by atoms with Gasteiger partial charge in [-0.15, -0.1) is 0 Å². The van der Waals surface area contributed by atoms with Gasteiger partial charge >= 0.3 is 0 Å². The van der Waals surface area contributed by atoms with Gasteiger partial charge < -0.3 is 15.9 Å². The minimum Gasteiger partial charge on any atom is -0.505 e. The van der Waals surface area contributed by atoms with Gasteiger partial charge in [0, 0.05) is 11.8 Å². The summed E-state index contributed by atoms with van der Waals surface area (Å²) in [6.07, 6.45) is 0.401. The molecule has 70 valence electrons. The highest BCUT2D eigenvalue weighted by atomic mass is 16.3. The Kier molecular flexibility index (Phi) is 2.60. The van der Waals surface area contributed by atoms with E-state index in [1.54, 1.807) is 6.92 Å². The SMILES string of the molecule is Cc1ncc(C(N)O)c(C=O)c1O. The molecule has 1 atom stereocenters. The summed E-state index contributed by atoms with van der Waals surface area (Å²) in [6.45, 7) is 1.55. The van der Waals surface area contributed by atoms with Crippen LogP contribution in [0.2, 0.25) is 0 Å². The van der Waals surface area contributed by atoms with E-state index in [4.69, 9.17) is 10.8 Å². The summed E-state index contributed by atoms with van der Waals surface area (Å²) in [5.74, 6) is -0.239. The van der Waals surface area contributed by atoms with Crippen LogP contribution in [-0.2, 0) is 0 Å². The molecule has 0 bridgehead atoms. The summed E-state index contributed by atoms with van der Waals surface area (Å²) in [6, 6.07) is 0. The first-order valence-electron chi connectivity index (χ1n) is 3.65. The minimum atomic E-state index is -1.31. The molecule has 0 saturated carbocycles. The Labute approximate surface area is 74.8 Å². The zero-order valence-electron chi connectivity index (χ0n) is 7.06. The molecule has 1 unspecified atom stereocenters. The number of aliphatic hydroxyl groups is 1. The van der Waals surface area contributed by atoms with Crippen molar-refractivity contribution in [2.45, 2.75) is 13.2 Å². The lowest BCUT2D eigenvalue weighted by Crippen LogP contribution is -2.12. The number of carbonyl (C=O) groups is 1. The molecule has 0 spiro atoms. The van der Waals surface area contributed by atoms with E-state index in [-0.39, 0.29) is 16.9 Å². The summed E-state index contributed by atoms with van der Waals surface area (Å²) in [7, 11) is 0. The number of aliphatic hydroxyl groups excluding tert-OH is 1. The minimum absolute atomic E-state index is 0.0116. The molecule has 0 fully saturated rings. The Morgan fingerprint density at radius 3 is 2.77 bits per heavy atom. The molecule has 1 heterocycles. The molecular weight excluding hydrogens is 172 g/mol. The Hall–Kier alpha value is -1.46. The fraction of sp³-hybridized carbons (Fsp3) is 0.250. The van der Waals surface area contributed by atoms with Crippen molar-refractivity contribution in [2.24, 2.45) is 5.73 Å². The van der Waals surface area contributed by atoms with Crippen LogP contribution in [0.25, 0.3) is 0 Å². The second-order valence-electron chi connectivity index (χ2n) is 2.62. The molecule has 1 aromatic heterocycles. The van der Waals surface area contributed by atoms with Gasteiger partial charge in [0.05, 0.1) is 11.3 Å². The number of aromatic nitrogens is 1. The molecule has 13 heavy (non-hydrogen) atoms. The largest absolute Gasteiger partial charge is 0.505 e. The first-order valence-corrected chi connectivity index (χ1v) is 3.65. The molecule has 0 aromatic carbocycles. The molecule has 5 heteroatoms. The summed E-state index contributed by atoms with van der Waals surface area (Å²) >= 11 is 0. The van der Waals surface area contributed by atoms with Crippen LogP contribution in [0.1, 0.15) is 27.8 Å². The van der Waals surface area contributed by atoms with E-state index in [9.17, 15) is 9.90 Å². The fourth-order valence-corrected chi connectivity index (χ4v) is 0.988. The van der Waals surface area contributed by atoms with Crippen molar-refractivity contribution in [1.29, 1.82) is 0 Å². The lowest BCUT2D eigenvalue weighted by Gasteiger charge is -2.09. The average Bonchev–Trinajstić information content (AvgIpc) is 2.09. The van der Waals surface area contributed by atoms with E-state index in [2.05, 4.69) is 4.98 Å². The van der Waals surface area contributed by atoms with Crippen molar-refractivity contribution in [3.63, 3.8) is 0 Å². The monoisotopic (exact) mass is 182 g/mol. The topological polar surface area (TPSA) is 96.4 Å². The van der Waals surface area contributed by atoms with Gasteiger partial charge in [-0.05, 0) is 6.92 Å². The van der Waals surface area contributed by atoms with Gasteiger partial charge in [-0.3, -0.25) is 9.78 Å². The van der Waals surface area contributed by atoms with Crippen molar-refractivity contribution in [3.05, 3.63) is 23.0 Å². The number of nitrogens with zero attached hydrogens (tertiary/aromatic N) is 1. The highest BCUT2D eigenvalue weighted by Crippen LogP contribution is 2.23. The number of nitrogens with two attached hydrogens (primary N) is 1. The van der Waals surface area contributed by atoms with Crippen LogP contribution in [0.3, 0.4) is 0 Å². The van der Waals surface area contributed by atoms with Crippen LogP contribution in [0.4, 0.5) is 0 Å². The molecular formula is C8H10N2O3. The number of rotatable bonds is 2. The predicted octanol–water partition coefficient (Wildman–Crippen LogP) is -0.142. The van der Waals surface area contributed by atoms with Gasteiger partial charge in [0.2, 0.25) is 0 Å². The quantitative estimate of drug-likeness (QED) is 0.437. The molecule has 0 aliphatic heterocycles. The van der Waals surface area contributed by atoms with E-state index in [1.807, 2.05) is 0 Å². The molecule has 0 amide bonds. The first kappa shape index (κ1) is 9.63. The third-order valence-electron chi connectivity index (χ3n) is 1.74. The maximum absolute atomic E-state index is 10.6. The number of carbonyl (C=O) groups excluding carboxylic acids is 1. The summed E-state index contributed by atoms with van der Waals surface area (Å²) in [4.78, 5) is 14.3. The van der Waals surface area contributed by atoms with Crippen molar-refractivity contribution in [2.75, 3.05) is 0 Å². The van der Waals surface area contributed by atoms with E-state index >= 15 is 0 Å². The third-order valence-corrected chi connectivity index (χ3v) is 1.74. The summed E-state index contributed by atoms with van der Waals surface area (Å²) in [5, 5.41) is 18.4. The third kappa shape index (κ3) is 1.66. The average molecular weight is 182 g/mol. The van der Waals surface area contributed by atoms with E-state index in [0.29, 0.717) is 12.0 Å². The standard InChI is InChI=1S/C8H10N2O3/c1-4-7(12)6(3-11)5(2-10-4)8(9)13/h2-3,8,12-13H,9H2,1H3. The lowest BCUT2D eigenvalue weighted by atomic mass is 10.1. The Bertz CT molecular complexity index is 336. The Balaban J connectivity index is 3.38. The molecule has 0 radical (unpaired) electrons. The van der Waals surface area contributed by atoms with Gasteiger partial charge in [0.15, 0.2) is 6.29 Å². The zero-order chi connectivity index (χ0) is 10.0. The Morgan fingerprint density at radius 2 is 2.31 bits per heavy atom. The number of aryl methyl sites for hydroxylation is 1. The van der Waals surface area contributed by atoms with Crippen LogP contribution >= 0.6 is 0 Å². The van der Waals surface area contributed by atoms with Gasteiger partial charge in [-0.2, -0.15) is 0 Å². The van der Waals surface area contributed by atoms with Crippen LogP contribution in [0.15, 0.2) is 6.20 Å². The smallest absolute Gasteiger partial charge is 0.154 e. The predicted molar refractivity (Wildman–Crippen MR) is 45.2 cm³/mol. The van der Waals surface area contributed by atoms with Crippen LogP contribution in [0.5, 0.6) is 5.75 Å². The molecule has 1 aromatic rings. The number of hydrogen-bond acceptors (Lipinski definition) is 5. The molecule has 0 saturated heterocycles. The molecule has 5 nitrogen and oxygen atoms in total. The highest BCUT2D eigenvalue weighted by Gasteiger charge is 2.14. The van der Waals surface area contributed by atoms with Crippen LogP contribution in [-0.4, -0.2) is 21.5 Å². The second-order valence-corrected chi connectivity index (χ2v) is 2.62. The molecule has 0 aliphatic rings. The lowest BCUT2D eigenvalue weighted by molar-refractivity contribution is 0.111. The van der Waals surface area contributed by atoms with E-state index in [1.165, 1.54) is 6.20 Å².